The molecular weight excluding hydrogens is 190 g/mol. The summed E-state index contributed by atoms with van der Waals surface area (Å²) in [4.78, 5) is 4.36. The van der Waals surface area contributed by atoms with E-state index < -0.39 is 0 Å². The second-order valence-electron chi connectivity index (χ2n) is 4.42. The van der Waals surface area contributed by atoms with Crippen LogP contribution in [0.1, 0.15) is 38.4 Å². The number of aryl methyl sites for hydroxylation is 1. The molecule has 1 aliphatic carbocycles. The Morgan fingerprint density at radius 3 is 2.87 bits per heavy atom. The lowest BCUT2D eigenvalue weighted by molar-refractivity contribution is 0.0930. The van der Waals surface area contributed by atoms with Crippen molar-refractivity contribution >= 4 is 0 Å². The number of nitrogens with two attached hydrogens (primary N) is 1. The van der Waals surface area contributed by atoms with Crippen LogP contribution < -0.4 is 5.73 Å². The predicted octanol–water partition coefficient (Wildman–Crippen LogP) is 0.992. The molecule has 2 rings (SSSR count). The van der Waals surface area contributed by atoms with Crippen LogP contribution in [0.5, 0.6) is 0 Å². The Labute approximate surface area is 90.1 Å². The normalized spacial score (nSPS) is 31.8. The van der Waals surface area contributed by atoms with Crippen molar-refractivity contribution in [2.45, 2.75) is 50.8 Å². The summed E-state index contributed by atoms with van der Waals surface area (Å²) in [7, 11) is 0. The van der Waals surface area contributed by atoms with E-state index in [0.29, 0.717) is 0 Å². The van der Waals surface area contributed by atoms with Gasteiger partial charge in [0, 0.05) is 18.9 Å². The van der Waals surface area contributed by atoms with Crippen LogP contribution in [0.25, 0.3) is 0 Å². The molecule has 1 aromatic rings. The third-order valence-electron chi connectivity index (χ3n) is 3.35. The van der Waals surface area contributed by atoms with Gasteiger partial charge in [0.2, 0.25) is 0 Å². The van der Waals surface area contributed by atoms with Gasteiger partial charge < -0.3 is 15.4 Å². The maximum atomic E-state index is 9.48. The van der Waals surface area contributed by atoms with Gasteiger partial charge in [-0.15, -0.1) is 0 Å². The fourth-order valence-corrected chi connectivity index (χ4v) is 2.34. The Bertz CT molecular complexity index is 326. The molecule has 1 aromatic heterocycles. The topological polar surface area (TPSA) is 64.1 Å². The lowest BCUT2D eigenvalue weighted by Gasteiger charge is -2.35. The number of aliphatic hydroxyl groups excluding tert-OH is 1. The standard InChI is InChI=1S/C11H19N3O/c1-2-14-8-7-13-10(14)11(12)5-3-9(15)4-6-11/h7-9,15H,2-6,12H2,1H3. The van der Waals surface area contributed by atoms with E-state index in [0.717, 1.165) is 38.1 Å². The number of hydrogen-bond donors (Lipinski definition) is 2. The van der Waals surface area contributed by atoms with Crippen LogP contribution in [0, 0.1) is 0 Å². The van der Waals surface area contributed by atoms with Crippen LogP contribution >= 0.6 is 0 Å². The van der Waals surface area contributed by atoms with E-state index in [9.17, 15) is 5.11 Å². The predicted molar refractivity (Wildman–Crippen MR) is 58.2 cm³/mol. The molecule has 1 aliphatic rings. The van der Waals surface area contributed by atoms with Gasteiger partial charge >= 0.3 is 0 Å². The molecule has 3 N–H and O–H groups in total. The van der Waals surface area contributed by atoms with Crippen LogP contribution in [0.15, 0.2) is 12.4 Å². The maximum absolute atomic E-state index is 9.48. The van der Waals surface area contributed by atoms with Crippen LogP contribution in [0.3, 0.4) is 0 Å². The number of imidazole rings is 1. The number of aromatic nitrogens is 2. The molecule has 0 aromatic carbocycles. The highest BCUT2D eigenvalue weighted by Crippen LogP contribution is 2.33. The second-order valence-corrected chi connectivity index (χ2v) is 4.42. The van der Waals surface area contributed by atoms with Crippen molar-refractivity contribution in [2.75, 3.05) is 0 Å². The van der Waals surface area contributed by atoms with Crippen molar-refractivity contribution in [1.29, 1.82) is 0 Å². The minimum absolute atomic E-state index is 0.174. The van der Waals surface area contributed by atoms with Crippen molar-refractivity contribution in [3.05, 3.63) is 18.2 Å². The zero-order valence-electron chi connectivity index (χ0n) is 9.19. The summed E-state index contributed by atoms with van der Waals surface area (Å²) in [5.74, 6) is 0.969. The van der Waals surface area contributed by atoms with Crippen molar-refractivity contribution < 1.29 is 5.11 Å². The molecule has 0 spiro atoms. The summed E-state index contributed by atoms with van der Waals surface area (Å²) in [5, 5.41) is 9.48. The lowest BCUT2D eigenvalue weighted by atomic mass is 9.80. The highest BCUT2D eigenvalue weighted by atomic mass is 16.3. The Hall–Kier alpha value is -0.870. The molecule has 0 amide bonds. The first kappa shape index (κ1) is 10.6. The maximum Gasteiger partial charge on any atom is 0.128 e. The van der Waals surface area contributed by atoms with Gasteiger partial charge in [0.05, 0.1) is 11.6 Å². The molecular formula is C11H19N3O. The molecule has 0 aliphatic heterocycles. The van der Waals surface area contributed by atoms with E-state index in [1.165, 1.54) is 0 Å². The Balaban J connectivity index is 2.22. The van der Waals surface area contributed by atoms with Crippen molar-refractivity contribution in [1.82, 2.24) is 9.55 Å². The van der Waals surface area contributed by atoms with E-state index in [1.54, 1.807) is 6.20 Å². The molecule has 1 heterocycles. The second kappa shape index (κ2) is 3.94. The highest BCUT2D eigenvalue weighted by Gasteiger charge is 2.35. The molecule has 0 atom stereocenters. The van der Waals surface area contributed by atoms with Gasteiger partial charge in [-0.2, -0.15) is 0 Å². The van der Waals surface area contributed by atoms with Gasteiger partial charge in [-0.25, -0.2) is 4.98 Å². The first-order valence-electron chi connectivity index (χ1n) is 5.64. The third kappa shape index (κ3) is 1.92. The molecule has 15 heavy (non-hydrogen) atoms. The first-order valence-corrected chi connectivity index (χ1v) is 5.64. The van der Waals surface area contributed by atoms with Gasteiger partial charge in [0.25, 0.3) is 0 Å². The van der Waals surface area contributed by atoms with E-state index in [2.05, 4.69) is 16.5 Å². The number of hydrogen-bond acceptors (Lipinski definition) is 3. The smallest absolute Gasteiger partial charge is 0.128 e. The van der Waals surface area contributed by atoms with E-state index in [1.807, 2.05) is 6.20 Å². The quantitative estimate of drug-likeness (QED) is 0.763. The van der Waals surface area contributed by atoms with Gasteiger partial charge in [-0.3, -0.25) is 0 Å². The largest absolute Gasteiger partial charge is 0.393 e. The van der Waals surface area contributed by atoms with Crippen molar-refractivity contribution in [2.24, 2.45) is 5.73 Å². The zero-order valence-corrected chi connectivity index (χ0v) is 9.19. The van der Waals surface area contributed by atoms with E-state index in [4.69, 9.17) is 5.73 Å². The van der Waals surface area contributed by atoms with Crippen LogP contribution in [-0.2, 0) is 12.1 Å². The Morgan fingerprint density at radius 2 is 2.27 bits per heavy atom. The van der Waals surface area contributed by atoms with Crippen molar-refractivity contribution in [3.63, 3.8) is 0 Å². The fraction of sp³-hybridized carbons (Fsp3) is 0.727. The van der Waals surface area contributed by atoms with Crippen molar-refractivity contribution in [3.8, 4) is 0 Å². The zero-order chi connectivity index (χ0) is 10.9. The van der Waals surface area contributed by atoms with Gasteiger partial charge in [-0.05, 0) is 32.6 Å². The van der Waals surface area contributed by atoms with Crippen LogP contribution in [0.2, 0.25) is 0 Å². The van der Waals surface area contributed by atoms with Crippen LogP contribution in [0.4, 0.5) is 0 Å². The summed E-state index contributed by atoms with van der Waals surface area (Å²) >= 11 is 0. The summed E-state index contributed by atoms with van der Waals surface area (Å²) in [5.41, 5.74) is 6.03. The molecule has 1 fully saturated rings. The minimum atomic E-state index is -0.335. The lowest BCUT2D eigenvalue weighted by Crippen LogP contribution is -2.43. The molecule has 0 radical (unpaired) electrons. The molecule has 0 unspecified atom stereocenters. The molecule has 4 nitrogen and oxygen atoms in total. The number of rotatable bonds is 2. The minimum Gasteiger partial charge on any atom is -0.393 e. The SMILES string of the molecule is CCn1ccnc1C1(N)CCC(O)CC1. The fourth-order valence-electron chi connectivity index (χ4n) is 2.34. The molecule has 1 saturated carbocycles. The monoisotopic (exact) mass is 209 g/mol. The molecule has 84 valence electrons. The number of aliphatic hydroxyl groups is 1. The Kier molecular flexibility index (Phi) is 2.80. The van der Waals surface area contributed by atoms with Gasteiger partial charge in [0.1, 0.15) is 5.82 Å². The van der Waals surface area contributed by atoms with E-state index >= 15 is 0 Å². The van der Waals surface area contributed by atoms with Gasteiger partial charge in [0.15, 0.2) is 0 Å². The third-order valence-corrected chi connectivity index (χ3v) is 3.35. The summed E-state index contributed by atoms with van der Waals surface area (Å²) < 4.78 is 2.09. The van der Waals surface area contributed by atoms with E-state index in [-0.39, 0.29) is 11.6 Å². The average Bonchev–Trinajstić information content (AvgIpc) is 2.71. The van der Waals surface area contributed by atoms with Crippen LogP contribution in [-0.4, -0.2) is 20.8 Å². The molecule has 0 bridgehead atoms. The summed E-state index contributed by atoms with van der Waals surface area (Å²) in [6.07, 6.45) is 6.82. The highest BCUT2D eigenvalue weighted by molar-refractivity contribution is 5.09. The number of nitrogens with zero attached hydrogens (tertiary/aromatic N) is 2. The first-order chi connectivity index (χ1) is 7.15. The van der Waals surface area contributed by atoms with Gasteiger partial charge in [-0.1, -0.05) is 0 Å². The summed E-state index contributed by atoms with van der Waals surface area (Å²) in [6, 6.07) is 0. The summed E-state index contributed by atoms with van der Waals surface area (Å²) in [6.45, 7) is 2.99. The molecule has 4 heteroatoms. The molecule has 0 saturated heterocycles. The Morgan fingerprint density at radius 1 is 1.60 bits per heavy atom. The average molecular weight is 209 g/mol.